The third kappa shape index (κ3) is 3.40. The van der Waals surface area contributed by atoms with Crippen LogP contribution in [0.15, 0.2) is 48.7 Å². The summed E-state index contributed by atoms with van der Waals surface area (Å²) in [5, 5.41) is 7.78. The number of hydrogen-bond donors (Lipinski definition) is 1. The Bertz CT molecular complexity index is 838. The zero-order valence-electron chi connectivity index (χ0n) is 12.7. The lowest BCUT2D eigenvalue weighted by molar-refractivity contribution is 0.102. The second-order valence-electron chi connectivity index (χ2n) is 5.20. The molecule has 2 aromatic heterocycles. The molecule has 0 unspecified atom stereocenters. The maximum absolute atomic E-state index is 12.1. The SMILES string of the molecule is Cc1cc(C)n(-c2ccc(NC(=O)c3ccc(Cl)cc3)cn2)n1. The average molecular weight is 327 g/mol. The lowest BCUT2D eigenvalue weighted by Gasteiger charge is -2.07. The average Bonchev–Trinajstić information content (AvgIpc) is 2.87. The molecule has 1 amide bonds. The van der Waals surface area contributed by atoms with E-state index in [0.29, 0.717) is 22.1 Å². The van der Waals surface area contributed by atoms with E-state index >= 15 is 0 Å². The Labute approximate surface area is 138 Å². The number of nitrogens with one attached hydrogen (secondary N) is 1. The molecule has 6 heteroatoms. The van der Waals surface area contributed by atoms with Gasteiger partial charge in [0, 0.05) is 16.3 Å². The molecule has 2 heterocycles. The summed E-state index contributed by atoms with van der Waals surface area (Å²) in [4.78, 5) is 16.5. The Morgan fingerprint density at radius 3 is 2.43 bits per heavy atom. The Hall–Kier alpha value is -2.66. The predicted molar refractivity (Wildman–Crippen MR) is 90.2 cm³/mol. The summed E-state index contributed by atoms with van der Waals surface area (Å²) < 4.78 is 1.76. The predicted octanol–water partition coefficient (Wildman–Crippen LogP) is 3.79. The van der Waals surface area contributed by atoms with Gasteiger partial charge in [-0.3, -0.25) is 4.79 Å². The van der Waals surface area contributed by atoms with Crippen molar-refractivity contribution in [2.45, 2.75) is 13.8 Å². The van der Waals surface area contributed by atoms with E-state index in [0.717, 1.165) is 11.4 Å². The van der Waals surface area contributed by atoms with Crippen LogP contribution in [0.2, 0.25) is 5.02 Å². The van der Waals surface area contributed by atoms with Gasteiger partial charge in [0.2, 0.25) is 0 Å². The van der Waals surface area contributed by atoms with Gasteiger partial charge in [-0.2, -0.15) is 5.10 Å². The summed E-state index contributed by atoms with van der Waals surface area (Å²) in [5.41, 5.74) is 3.10. The number of pyridine rings is 1. The van der Waals surface area contributed by atoms with E-state index in [4.69, 9.17) is 11.6 Å². The molecule has 116 valence electrons. The molecule has 5 nitrogen and oxygen atoms in total. The van der Waals surface area contributed by atoms with Gasteiger partial charge in [0.15, 0.2) is 5.82 Å². The second-order valence-corrected chi connectivity index (χ2v) is 5.64. The zero-order chi connectivity index (χ0) is 16.4. The van der Waals surface area contributed by atoms with Gasteiger partial charge >= 0.3 is 0 Å². The first-order valence-corrected chi connectivity index (χ1v) is 7.47. The highest BCUT2D eigenvalue weighted by Gasteiger charge is 2.08. The number of aromatic nitrogens is 3. The summed E-state index contributed by atoms with van der Waals surface area (Å²) in [6.45, 7) is 3.90. The highest BCUT2D eigenvalue weighted by atomic mass is 35.5. The van der Waals surface area contributed by atoms with Crippen LogP contribution in [0.5, 0.6) is 0 Å². The van der Waals surface area contributed by atoms with Crippen LogP contribution in [0.4, 0.5) is 5.69 Å². The van der Waals surface area contributed by atoms with Gasteiger partial charge < -0.3 is 5.32 Å². The first-order chi connectivity index (χ1) is 11.0. The van der Waals surface area contributed by atoms with Gasteiger partial charge in [-0.1, -0.05) is 11.6 Å². The van der Waals surface area contributed by atoms with E-state index in [1.165, 1.54) is 0 Å². The first-order valence-electron chi connectivity index (χ1n) is 7.09. The second kappa shape index (κ2) is 6.22. The Balaban J connectivity index is 1.76. The molecule has 0 saturated carbocycles. The van der Waals surface area contributed by atoms with E-state index in [9.17, 15) is 4.79 Å². The summed E-state index contributed by atoms with van der Waals surface area (Å²) in [5.74, 6) is 0.502. The fourth-order valence-electron chi connectivity index (χ4n) is 2.25. The molecule has 0 aliphatic heterocycles. The van der Waals surface area contributed by atoms with Crippen LogP contribution in [-0.2, 0) is 0 Å². The molecule has 3 aromatic rings. The minimum Gasteiger partial charge on any atom is -0.321 e. The largest absolute Gasteiger partial charge is 0.321 e. The molecule has 0 atom stereocenters. The Kier molecular flexibility index (Phi) is 4.12. The number of halogens is 1. The van der Waals surface area contributed by atoms with Gasteiger partial charge in [-0.25, -0.2) is 9.67 Å². The van der Waals surface area contributed by atoms with Crippen molar-refractivity contribution >= 4 is 23.2 Å². The molecular weight excluding hydrogens is 312 g/mol. The highest BCUT2D eigenvalue weighted by molar-refractivity contribution is 6.30. The number of nitrogens with zero attached hydrogens (tertiary/aromatic N) is 3. The summed E-state index contributed by atoms with van der Waals surface area (Å²) in [6, 6.07) is 12.3. The topological polar surface area (TPSA) is 59.8 Å². The van der Waals surface area contributed by atoms with Crippen molar-refractivity contribution in [3.8, 4) is 5.82 Å². The molecule has 1 N–H and O–H groups in total. The van der Waals surface area contributed by atoms with E-state index in [2.05, 4.69) is 15.4 Å². The van der Waals surface area contributed by atoms with Crippen LogP contribution < -0.4 is 5.32 Å². The molecule has 0 bridgehead atoms. The number of anilines is 1. The fraction of sp³-hybridized carbons (Fsp3) is 0.118. The van der Waals surface area contributed by atoms with Crippen molar-refractivity contribution in [1.82, 2.24) is 14.8 Å². The number of rotatable bonds is 3. The fourth-order valence-corrected chi connectivity index (χ4v) is 2.38. The van der Waals surface area contributed by atoms with Gasteiger partial charge in [0.25, 0.3) is 5.91 Å². The normalized spacial score (nSPS) is 10.6. The van der Waals surface area contributed by atoms with Gasteiger partial charge in [0.05, 0.1) is 17.6 Å². The quantitative estimate of drug-likeness (QED) is 0.796. The van der Waals surface area contributed by atoms with Crippen molar-refractivity contribution in [2.24, 2.45) is 0 Å². The third-order valence-electron chi connectivity index (χ3n) is 3.34. The van der Waals surface area contributed by atoms with Crippen LogP contribution in [0, 0.1) is 13.8 Å². The molecule has 0 saturated heterocycles. The Morgan fingerprint density at radius 2 is 1.87 bits per heavy atom. The molecule has 0 fully saturated rings. The van der Waals surface area contributed by atoms with Crippen molar-refractivity contribution in [3.05, 3.63) is 70.6 Å². The minimum atomic E-state index is -0.206. The van der Waals surface area contributed by atoms with E-state index in [1.54, 1.807) is 41.2 Å². The first kappa shape index (κ1) is 15.2. The smallest absolute Gasteiger partial charge is 0.255 e. The number of benzene rings is 1. The van der Waals surface area contributed by atoms with Crippen molar-refractivity contribution in [1.29, 1.82) is 0 Å². The molecular formula is C17H15ClN4O. The number of hydrogen-bond acceptors (Lipinski definition) is 3. The maximum Gasteiger partial charge on any atom is 0.255 e. The number of carbonyl (C=O) groups excluding carboxylic acids is 1. The van der Waals surface area contributed by atoms with E-state index in [-0.39, 0.29) is 5.91 Å². The maximum atomic E-state index is 12.1. The van der Waals surface area contributed by atoms with E-state index < -0.39 is 0 Å². The van der Waals surface area contributed by atoms with Crippen LogP contribution in [0.25, 0.3) is 5.82 Å². The van der Waals surface area contributed by atoms with Gasteiger partial charge in [-0.05, 0) is 56.3 Å². The lowest BCUT2D eigenvalue weighted by Crippen LogP contribution is -2.12. The number of amides is 1. The summed E-state index contributed by atoms with van der Waals surface area (Å²) in [7, 11) is 0. The standard InChI is InChI=1S/C17H15ClN4O/c1-11-9-12(2)22(21-11)16-8-7-15(10-19-16)20-17(23)13-3-5-14(18)6-4-13/h3-10H,1-2H3,(H,20,23). The minimum absolute atomic E-state index is 0.206. The molecule has 0 aliphatic carbocycles. The van der Waals surface area contributed by atoms with Crippen LogP contribution in [0.3, 0.4) is 0 Å². The molecule has 3 rings (SSSR count). The van der Waals surface area contributed by atoms with Crippen molar-refractivity contribution in [2.75, 3.05) is 5.32 Å². The number of carbonyl (C=O) groups is 1. The molecule has 0 aliphatic rings. The van der Waals surface area contributed by atoms with Gasteiger partial charge in [-0.15, -0.1) is 0 Å². The molecule has 1 aromatic carbocycles. The molecule has 0 spiro atoms. The Morgan fingerprint density at radius 1 is 1.13 bits per heavy atom. The van der Waals surface area contributed by atoms with E-state index in [1.807, 2.05) is 26.0 Å². The summed E-state index contributed by atoms with van der Waals surface area (Å²) in [6.07, 6.45) is 1.61. The van der Waals surface area contributed by atoms with Crippen molar-refractivity contribution in [3.63, 3.8) is 0 Å². The lowest BCUT2D eigenvalue weighted by atomic mass is 10.2. The highest BCUT2D eigenvalue weighted by Crippen LogP contribution is 2.15. The monoisotopic (exact) mass is 326 g/mol. The number of aryl methyl sites for hydroxylation is 2. The summed E-state index contributed by atoms with van der Waals surface area (Å²) >= 11 is 5.82. The molecule has 0 radical (unpaired) electrons. The van der Waals surface area contributed by atoms with Gasteiger partial charge in [0.1, 0.15) is 0 Å². The van der Waals surface area contributed by atoms with Crippen LogP contribution in [0.1, 0.15) is 21.7 Å². The molecule has 23 heavy (non-hydrogen) atoms. The van der Waals surface area contributed by atoms with Crippen molar-refractivity contribution < 1.29 is 4.79 Å². The third-order valence-corrected chi connectivity index (χ3v) is 3.59. The van der Waals surface area contributed by atoms with Crippen LogP contribution in [-0.4, -0.2) is 20.7 Å². The zero-order valence-corrected chi connectivity index (χ0v) is 13.5. The van der Waals surface area contributed by atoms with Crippen LogP contribution >= 0.6 is 11.6 Å².